The summed E-state index contributed by atoms with van der Waals surface area (Å²) in [6.45, 7) is 0.298. The van der Waals surface area contributed by atoms with E-state index in [0.29, 0.717) is 18.0 Å². The van der Waals surface area contributed by atoms with Crippen LogP contribution in [0.25, 0.3) is 0 Å². The van der Waals surface area contributed by atoms with E-state index in [1.54, 1.807) is 35.2 Å². The Morgan fingerprint density at radius 2 is 1.81 bits per heavy atom. The predicted molar refractivity (Wildman–Crippen MR) is 94.0 cm³/mol. The van der Waals surface area contributed by atoms with Gasteiger partial charge in [0.2, 0.25) is 5.91 Å². The maximum Gasteiger partial charge on any atom is 0.234 e. The molecule has 0 aliphatic carbocycles. The van der Waals surface area contributed by atoms with Crippen molar-refractivity contribution in [3.8, 4) is 11.5 Å². The molecule has 1 spiro atoms. The Hall–Kier alpha value is -3.12. The molecular formula is C21H16NO5-. The number of carbonyl (C=O) groups is 2. The number of fused-ring (bicyclic) bond motifs is 1. The summed E-state index contributed by atoms with van der Waals surface area (Å²) in [7, 11) is 0. The SMILES string of the molecule is O=C([O-])[C@H]1[C@H]2C=C[C@@]3(CN(c4ccc(Oc5ccccc5)cc4)C(=O)[C@@H]13)O2. The van der Waals surface area contributed by atoms with Crippen molar-refractivity contribution in [3.05, 3.63) is 66.7 Å². The van der Waals surface area contributed by atoms with Gasteiger partial charge in [0.05, 0.1) is 18.6 Å². The van der Waals surface area contributed by atoms with Gasteiger partial charge in [-0.3, -0.25) is 4.79 Å². The van der Waals surface area contributed by atoms with Crippen LogP contribution < -0.4 is 14.7 Å². The highest BCUT2D eigenvalue weighted by molar-refractivity contribution is 6.02. The summed E-state index contributed by atoms with van der Waals surface area (Å²) in [5, 5.41) is 11.5. The Morgan fingerprint density at radius 1 is 1.11 bits per heavy atom. The second-order valence-corrected chi connectivity index (χ2v) is 7.05. The van der Waals surface area contributed by atoms with E-state index in [2.05, 4.69) is 0 Å². The molecule has 2 bridgehead atoms. The Morgan fingerprint density at radius 3 is 2.52 bits per heavy atom. The molecule has 3 aliphatic heterocycles. The van der Waals surface area contributed by atoms with Crippen LogP contribution in [0.3, 0.4) is 0 Å². The number of ether oxygens (including phenoxy) is 2. The van der Waals surface area contributed by atoms with E-state index < -0.39 is 29.5 Å². The molecule has 6 nitrogen and oxygen atoms in total. The first-order valence-electron chi connectivity index (χ1n) is 8.80. The van der Waals surface area contributed by atoms with Gasteiger partial charge in [-0.05, 0) is 36.4 Å². The lowest BCUT2D eigenvalue weighted by molar-refractivity contribution is -0.313. The van der Waals surface area contributed by atoms with Gasteiger partial charge in [-0.1, -0.05) is 30.4 Å². The number of benzene rings is 2. The molecule has 0 unspecified atom stereocenters. The van der Waals surface area contributed by atoms with Crippen LogP contribution in [-0.2, 0) is 14.3 Å². The number of rotatable bonds is 4. The standard InChI is InChI=1S/C21H17NO5/c23-19-18-17(20(24)25)16-10-11-21(18,27-16)12-22(19)13-6-8-15(9-7-13)26-14-4-2-1-3-5-14/h1-11,16-18H,12H2,(H,24,25)/p-1/t16-,17+,18-,21+/m1/s1. The average Bonchev–Trinajstić information content (AvgIpc) is 3.31. The van der Waals surface area contributed by atoms with Crippen LogP contribution in [0.15, 0.2) is 66.7 Å². The Labute approximate surface area is 155 Å². The van der Waals surface area contributed by atoms with Crippen LogP contribution in [0.5, 0.6) is 11.5 Å². The van der Waals surface area contributed by atoms with Gasteiger partial charge >= 0.3 is 0 Å². The predicted octanol–water partition coefficient (Wildman–Crippen LogP) is 1.52. The quantitative estimate of drug-likeness (QED) is 0.771. The minimum Gasteiger partial charge on any atom is -0.550 e. The van der Waals surface area contributed by atoms with Crippen molar-refractivity contribution in [2.75, 3.05) is 11.4 Å². The van der Waals surface area contributed by atoms with E-state index in [1.165, 1.54) is 0 Å². The highest BCUT2D eigenvalue weighted by atomic mass is 16.5. The van der Waals surface area contributed by atoms with Crippen molar-refractivity contribution >= 4 is 17.6 Å². The first-order valence-corrected chi connectivity index (χ1v) is 8.80. The lowest BCUT2D eigenvalue weighted by Gasteiger charge is -2.24. The summed E-state index contributed by atoms with van der Waals surface area (Å²) in [6.07, 6.45) is 2.98. The molecule has 0 saturated carbocycles. The van der Waals surface area contributed by atoms with E-state index in [-0.39, 0.29) is 5.91 Å². The van der Waals surface area contributed by atoms with E-state index in [4.69, 9.17) is 9.47 Å². The van der Waals surface area contributed by atoms with Crippen LogP contribution in [0.1, 0.15) is 0 Å². The highest BCUT2D eigenvalue weighted by Crippen LogP contribution is 2.52. The Kier molecular flexibility index (Phi) is 3.39. The molecule has 3 heterocycles. The Balaban J connectivity index is 1.39. The van der Waals surface area contributed by atoms with Crippen molar-refractivity contribution in [1.29, 1.82) is 0 Å². The van der Waals surface area contributed by atoms with Crippen molar-refractivity contribution < 1.29 is 24.2 Å². The van der Waals surface area contributed by atoms with Gasteiger partial charge < -0.3 is 24.3 Å². The number of anilines is 1. The zero-order valence-corrected chi connectivity index (χ0v) is 14.3. The topological polar surface area (TPSA) is 78.9 Å². The van der Waals surface area contributed by atoms with Gasteiger partial charge in [0, 0.05) is 17.6 Å². The van der Waals surface area contributed by atoms with Gasteiger partial charge in [-0.15, -0.1) is 0 Å². The highest BCUT2D eigenvalue weighted by Gasteiger charge is 2.65. The van der Waals surface area contributed by atoms with Gasteiger partial charge in [-0.2, -0.15) is 0 Å². The molecule has 0 aromatic heterocycles. The second kappa shape index (κ2) is 5.69. The molecule has 4 atom stereocenters. The molecule has 136 valence electrons. The average molecular weight is 362 g/mol. The third-order valence-corrected chi connectivity index (χ3v) is 5.50. The number of hydrogen-bond donors (Lipinski definition) is 0. The third kappa shape index (κ3) is 2.37. The lowest BCUT2D eigenvalue weighted by Crippen LogP contribution is -2.45. The summed E-state index contributed by atoms with van der Waals surface area (Å²) in [5.41, 5.74) is -0.187. The molecule has 0 radical (unpaired) electrons. The van der Waals surface area contributed by atoms with Crippen molar-refractivity contribution in [1.82, 2.24) is 0 Å². The fraction of sp³-hybridized carbons (Fsp3) is 0.238. The van der Waals surface area contributed by atoms with Crippen molar-refractivity contribution in [2.45, 2.75) is 11.7 Å². The Bertz CT molecular complexity index is 939. The number of nitrogens with zero attached hydrogens (tertiary/aromatic N) is 1. The number of aliphatic carboxylic acids is 1. The first kappa shape index (κ1) is 16.1. The van der Waals surface area contributed by atoms with Gasteiger partial charge in [0.25, 0.3) is 0 Å². The zero-order valence-electron chi connectivity index (χ0n) is 14.3. The molecule has 2 aromatic carbocycles. The molecule has 6 heteroatoms. The number of carboxylic acid groups (broad SMARTS) is 1. The molecule has 1 amide bonds. The number of amides is 1. The largest absolute Gasteiger partial charge is 0.550 e. The first-order chi connectivity index (χ1) is 13.1. The minimum atomic E-state index is -1.24. The van der Waals surface area contributed by atoms with Crippen molar-refractivity contribution in [2.24, 2.45) is 11.8 Å². The van der Waals surface area contributed by atoms with Crippen LogP contribution in [0.2, 0.25) is 0 Å². The maximum absolute atomic E-state index is 13.0. The number of para-hydroxylation sites is 1. The molecular weight excluding hydrogens is 346 g/mol. The molecule has 3 aliphatic rings. The van der Waals surface area contributed by atoms with E-state index in [0.717, 1.165) is 5.75 Å². The zero-order chi connectivity index (χ0) is 18.6. The fourth-order valence-corrected chi connectivity index (χ4v) is 4.30. The number of carbonyl (C=O) groups excluding carboxylic acids is 2. The van der Waals surface area contributed by atoms with Gasteiger partial charge in [0.15, 0.2) is 0 Å². The van der Waals surface area contributed by atoms with Crippen LogP contribution in [0.4, 0.5) is 5.69 Å². The summed E-state index contributed by atoms with van der Waals surface area (Å²) in [4.78, 5) is 26.1. The summed E-state index contributed by atoms with van der Waals surface area (Å²) in [5.74, 6) is -1.78. The lowest BCUT2D eigenvalue weighted by atomic mass is 9.77. The van der Waals surface area contributed by atoms with Crippen molar-refractivity contribution in [3.63, 3.8) is 0 Å². The summed E-state index contributed by atoms with van der Waals surface area (Å²) >= 11 is 0. The minimum absolute atomic E-state index is 0.243. The monoisotopic (exact) mass is 362 g/mol. The van der Waals surface area contributed by atoms with Crippen LogP contribution >= 0.6 is 0 Å². The summed E-state index contributed by atoms with van der Waals surface area (Å²) in [6, 6.07) is 16.6. The molecule has 2 saturated heterocycles. The van der Waals surface area contributed by atoms with Gasteiger partial charge in [-0.25, -0.2) is 0 Å². The molecule has 5 rings (SSSR count). The van der Waals surface area contributed by atoms with E-state index >= 15 is 0 Å². The normalized spacial score (nSPS) is 30.6. The smallest absolute Gasteiger partial charge is 0.234 e. The molecule has 2 aromatic rings. The van der Waals surface area contributed by atoms with Crippen LogP contribution in [-0.4, -0.2) is 30.1 Å². The fourth-order valence-electron chi connectivity index (χ4n) is 4.30. The number of hydrogen-bond acceptors (Lipinski definition) is 5. The maximum atomic E-state index is 13.0. The number of carboxylic acids is 1. The third-order valence-electron chi connectivity index (χ3n) is 5.50. The van der Waals surface area contributed by atoms with Crippen LogP contribution in [0, 0.1) is 11.8 Å². The van der Waals surface area contributed by atoms with E-state index in [1.807, 2.05) is 36.4 Å². The van der Waals surface area contributed by atoms with Gasteiger partial charge in [0.1, 0.15) is 17.1 Å². The molecule has 27 heavy (non-hydrogen) atoms. The summed E-state index contributed by atoms with van der Waals surface area (Å²) < 4.78 is 11.6. The molecule has 2 fully saturated rings. The second-order valence-electron chi connectivity index (χ2n) is 7.05. The van der Waals surface area contributed by atoms with E-state index in [9.17, 15) is 14.7 Å². The molecule has 0 N–H and O–H groups in total.